The Labute approximate surface area is 86.9 Å². The number of alkyl halides is 1. The smallest absolute Gasteiger partial charge is 0.137 e. The first-order valence-corrected chi connectivity index (χ1v) is 5.05. The van der Waals surface area contributed by atoms with Crippen molar-refractivity contribution in [2.24, 2.45) is 0 Å². The quantitative estimate of drug-likeness (QED) is 0.768. The Morgan fingerprint density at radius 2 is 2.40 bits per heavy atom. The third-order valence-corrected chi connectivity index (χ3v) is 2.97. The second-order valence-corrected chi connectivity index (χ2v) is 3.95. The monoisotopic (exact) mass is 205 g/mol. The van der Waals surface area contributed by atoms with E-state index in [4.69, 9.17) is 0 Å². The third-order valence-electron chi connectivity index (χ3n) is 2.97. The molecule has 1 aliphatic rings. The van der Waals surface area contributed by atoms with Crippen LogP contribution in [0, 0.1) is 6.92 Å². The van der Waals surface area contributed by atoms with Gasteiger partial charge in [0.15, 0.2) is 0 Å². The van der Waals surface area contributed by atoms with E-state index < -0.39 is 6.67 Å². The Morgan fingerprint density at radius 3 is 3.20 bits per heavy atom. The molecule has 2 aromatic heterocycles. The van der Waals surface area contributed by atoms with Gasteiger partial charge in [-0.05, 0) is 24.1 Å². The molecule has 0 saturated carbocycles. The molecule has 4 heteroatoms. The first-order valence-electron chi connectivity index (χ1n) is 5.05. The van der Waals surface area contributed by atoms with Crippen LogP contribution in [0.5, 0.6) is 0 Å². The summed E-state index contributed by atoms with van der Waals surface area (Å²) in [7, 11) is 0. The minimum Gasteiger partial charge on any atom is -0.307 e. The second kappa shape index (κ2) is 3.03. The van der Waals surface area contributed by atoms with Gasteiger partial charge in [-0.3, -0.25) is 0 Å². The van der Waals surface area contributed by atoms with E-state index >= 15 is 0 Å². The van der Waals surface area contributed by atoms with Crippen molar-refractivity contribution in [3.8, 4) is 0 Å². The van der Waals surface area contributed by atoms with Crippen molar-refractivity contribution in [2.45, 2.75) is 26.7 Å². The van der Waals surface area contributed by atoms with Gasteiger partial charge in [-0.1, -0.05) is 0 Å². The van der Waals surface area contributed by atoms with E-state index in [1.54, 1.807) is 6.20 Å². The molecule has 1 N–H and O–H groups in total. The molecule has 2 aromatic rings. The zero-order chi connectivity index (χ0) is 10.4. The van der Waals surface area contributed by atoms with Gasteiger partial charge in [0.2, 0.25) is 0 Å². The van der Waals surface area contributed by atoms with Crippen LogP contribution in [0.2, 0.25) is 0 Å². The largest absolute Gasteiger partial charge is 0.307 e. The molecule has 0 radical (unpaired) electrons. The highest BCUT2D eigenvalue weighted by atomic mass is 19.1. The van der Waals surface area contributed by atoms with Crippen LogP contribution in [0.15, 0.2) is 12.3 Å². The van der Waals surface area contributed by atoms with Gasteiger partial charge in [-0.25, -0.2) is 9.37 Å². The number of aromatic nitrogens is 2. The predicted molar refractivity (Wildman–Crippen MR) is 55.3 cm³/mol. The van der Waals surface area contributed by atoms with Crippen molar-refractivity contribution in [1.82, 2.24) is 14.7 Å². The van der Waals surface area contributed by atoms with Crippen molar-refractivity contribution in [3.63, 3.8) is 0 Å². The molecule has 0 amide bonds. The van der Waals surface area contributed by atoms with Crippen molar-refractivity contribution < 1.29 is 4.39 Å². The fourth-order valence-electron chi connectivity index (χ4n) is 2.22. The summed E-state index contributed by atoms with van der Waals surface area (Å²) in [5.41, 5.74) is 5.14. The minimum atomic E-state index is -0.497. The highest BCUT2D eigenvalue weighted by Gasteiger charge is 2.17. The van der Waals surface area contributed by atoms with Crippen LogP contribution in [0.4, 0.5) is 4.39 Å². The maximum absolute atomic E-state index is 12.5. The van der Waals surface area contributed by atoms with Crippen LogP contribution in [-0.4, -0.2) is 9.38 Å². The average molecular weight is 205 g/mol. The van der Waals surface area contributed by atoms with E-state index in [2.05, 4.69) is 17.2 Å². The topological polar surface area (TPSA) is 29.3 Å². The van der Waals surface area contributed by atoms with Gasteiger partial charge in [0.25, 0.3) is 0 Å². The lowest BCUT2D eigenvalue weighted by molar-refractivity contribution is 0.477. The van der Waals surface area contributed by atoms with Gasteiger partial charge in [-0.15, -0.1) is 0 Å². The molecule has 0 spiro atoms. The lowest BCUT2D eigenvalue weighted by Gasteiger charge is -2.05. The zero-order valence-corrected chi connectivity index (χ0v) is 8.55. The van der Waals surface area contributed by atoms with Gasteiger partial charge in [0.1, 0.15) is 12.3 Å². The van der Waals surface area contributed by atoms with Crippen molar-refractivity contribution in [1.29, 1.82) is 0 Å². The molecule has 15 heavy (non-hydrogen) atoms. The normalized spacial score (nSPS) is 14.8. The van der Waals surface area contributed by atoms with Gasteiger partial charge in [0, 0.05) is 25.0 Å². The lowest BCUT2D eigenvalue weighted by atomic mass is 10.1. The van der Waals surface area contributed by atoms with Crippen LogP contribution >= 0.6 is 0 Å². The Balaban J connectivity index is 2.35. The number of hydrogen-bond acceptors (Lipinski definition) is 2. The predicted octanol–water partition coefficient (Wildman–Crippen LogP) is 1.72. The number of nitrogens with one attached hydrogen (secondary N) is 1. The molecular formula is C11H12FN3. The average Bonchev–Trinajstić information content (AvgIpc) is 2.80. The summed E-state index contributed by atoms with van der Waals surface area (Å²) in [6.45, 7) is 3.33. The van der Waals surface area contributed by atoms with Crippen molar-refractivity contribution >= 4 is 5.65 Å². The molecule has 0 aliphatic carbocycles. The molecule has 3 heterocycles. The summed E-state index contributed by atoms with van der Waals surface area (Å²) < 4.78 is 14.5. The fourth-order valence-corrected chi connectivity index (χ4v) is 2.22. The molecule has 3 nitrogen and oxygen atoms in total. The van der Waals surface area contributed by atoms with Gasteiger partial charge in [-0.2, -0.15) is 0 Å². The Hall–Kier alpha value is -1.42. The van der Waals surface area contributed by atoms with Crippen LogP contribution in [0.1, 0.15) is 22.5 Å². The SMILES string of the molecule is Cc1cc2nc(CF)cn2c2c1CNC2. The second-order valence-electron chi connectivity index (χ2n) is 3.95. The maximum atomic E-state index is 12.5. The van der Waals surface area contributed by atoms with Gasteiger partial charge < -0.3 is 9.72 Å². The van der Waals surface area contributed by atoms with E-state index in [0.717, 1.165) is 18.7 Å². The summed E-state index contributed by atoms with van der Waals surface area (Å²) in [4.78, 5) is 4.23. The van der Waals surface area contributed by atoms with Crippen LogP contribution < -0.4 is 5.32 Å². The molecule has 78 valence electrons. The fraction of sp³-hybridized carbons (Fsp3) is 0.364. The number of fused-ring (bicyclic) bond motifs is 3. The van der Waals surface area contributed by atoms with Crippen LogP contribution in [-0.2, 0) is 19.8 Å². The molecule has 3 rings (SSSR count). The number of imidazole rings is 1. The molecule has 0 aromatic carbocycles. The van der Waals surface area contributed by atoms with Crippen molar-refractivity contribution in [3.05, 3.63) is 34.8 Å². The highest BCUT2D eigenvalue weighted by Crippen LogP contribution is 2.22. The van der Waals surface area contributed by atoms with Gasteiger partial charge >= 0.3 is 0 Å². The summed E-state index contributed by atoms with van der Waals surface area (Å²) in [5, 5.41) is 3.31. The first kappa shape index (κ1) is 8.85. The van der Waals surface area contributed by atoms with E-state index in [1.807, 2.05) is 10.5 Å². The molecule has 0 fully saturated rings. The van der Waals surface area contributed by atoms with Crippen LogP contribution in [0.3, 0.4) is 0 Å². The van der Waals surface area contributed by atoms with E-state index in [0.29, 0.717) is 5.69 Å². The lowest BCUT2D eigenvalue weighted by Crippen LogP contribution is -2.01. The van der Waals surface area contributed by atoms with E-state index in [1.165, 1.54) is 16.8 Å². The number of nitrogens with zero attached hydrogens (tertiary/aromatic N) is 2. The van der Waals surface area contributed by atoms with E-state index in [-0.39, 0.29) is 0 Å². The Morgan fingerprint density at radius 1 is 1.53 bits per heavy atom. The Bertz CT molecular complexity index is 530. The minimum absolute atomic E-state index is 0.497. The number of pyridine rings is 1. The van der Waals surface area contributed by atoms with Crippen molar-refractivity contribution in [2.75, 3.05) is 0 Å². The highest BCUT2D eigenvalue weighted by molar-refractivity contribution is 5.50. The molecule has 0 saturated heterocycles. The first-order chi connectivity index (χ1) is 7.29. The Kier molecular flexibility index (Phi) is 1.79. The summed E-state index contributed by atoms with van der Waals surface area (Å²) in [5.74, 6) is 0. The molecule has 1 aliphatic heterocycles. The molecule has 0 bridgehead atoms. The zero-order valence-electron chi connectivity index (χ0n) is 8.55. The summed E-state index contributed by atoms with van der Waals surface area (Å²) in [6, 6.07) is 2.02. The number of aryl methyl sites for hydroxylation is 1. The van der Waals surface area contributed by atoms with E-state index in [9.17, 15) is 4.39 Å². The molecule has 0 atom stereocenters. The molecule has 0 unspecified atom stereocenters. The number of rotatable bonds is 1. The van der Waals surface area contributed by atoms with Gasteiger partial charge in [0.05, 0.1) is 5.69 Å². The standard InChI is InChI=1S/C11H12FN3/c1-7-2-11-14-8(3-12)6-15(11)10-5-13-4-9(7)10/h2,6,13H,3-5H2,1H3. The maximum Gasteiger partial charge on any atom is 0.137 e. The summed E-state index contributed by atoms with van der Waals surface area (Å²) >= 11 is 0. The molecular weight excluding hydrogens is 193 g/mol. The number of halogens is 1. The third kappa shape index (κ3) is 1.18. The van der Waals surface area contributed by atoms with Crippen LogP contribution in [0.25, 0.3) is 5.65 Å². The number of hydrogen-bond donors (Lipinski definition) is 1. The summed E-state index contributed by atoms with van der Waals surface area (Å²) in [6.07, 6.45) is 1.79.